The molecule has 2 fully saturated rings. The Kier molecular flexibility index (Phi) is 14.0. The van der Waals surface area contributed by atoms with Crippen molar-refractivity contribution < 1.29 is 33.8 Å². The van der Waals surface area contributed by atoms with Crippen molar-refractivity contribution >= 4 is 35.0 Å². The van der Waals surface area contributed by atoms with Crippen molar-refractivity contribution in [1.82, 2.24) is 35.6 Å². The third-order valence-electron chi connectivity index (χ3n) is 11.1. The van der Waals surface area contributed by atoms with Crippen LogP contribution in [0.5, 0.6) is 11.5 Å². The molecule has 4 amide bonds. The second-order valence-electron chi connectivity index (χ2n) is 16.4. The van der Waals surface area contributed by atoms with Gasteiger partial charge in [-0.25, -0.2) is 4.98 Å². The molecule has 2 aliphatic heterocycles. The Morgan fingerprint density at radius 3 is 2.48 bits per heavy atom. The number of carbonyl (C=O) groups is 4. The number of aromatic amines is 1. The van der Waals surface area contributed by atoms with Gasteiger partial charge in [0.1, 0.15) is 35.0 Å². The number of hydrogen-bond donors (Lipinski definition) is 5. The van der Waals surface area contributed by atoms with Gasteiger partial charge in [-0.2, -0.15) is 5.10 Å². The summed E-state index contributed by atoms with van der Waals surface area (Å²) in [4.78, 5) is 64.6. The van der Waals surface area contributed by atoms with Gasteiger partial charge in [0.2, 0.25) is 17.7 Å². The van der Waals surface area contributed by atoms with Crippen LogP contribution in [0.1, 0.15) is 62.2 Å². The summed E-state index contributed by atoms with van der Waals surface area (Å²) in [5, 5.41) is 26.3. The molecule has 4 heterocycles. The minimum atomic E-state index is -0.933. The first kappa shape index (κ1) is 44.1. The van der Waals surface area contributed by atoms with Crippen LogP contribution in [0.4, 0.5) is 11.4 Å². The third kappa shape index (κ3) is 10.7. The smallest absolute Gasteiger partial charge is 0.274 e. The van der Waals surface area contributed by atoms with Crippen LogP contribution in [0, 0.1) is 17.8 Å². The van der Waals surface area contributed by atoms with Gasteiger partial charge < -0.3 is 40.3 Å². The van der Waals surface area contributed by atoms with Crippen LogP contribution in [0.25, 0.3) is 11.4 Å². The second kappa shape index (κ2) is 19.3. The number of benzene rings is 2. The van der Waals surface area contributed by atoms with Crippen LogP contribution >= 0.6 is 0 Å². The highest BCUT2D eigenvalue weighted by atomic mass is 16.5. The van der Waals surface area contributed by atoms with Crippen LogP contribution in [-0.4, -0.2) is 125 Å². The zero-order valence-electron chi connectivity index (χ0n) is 35.5. The number of aliphatic hydroxyl groups excluding tert-OH is 1. The van der Waals surface area contributed by atoms with Crippen molar-refractivity contribution in [3.05, 3.63) is 83.7 Å². The molecule has 16 nitrogen and oxygen atoms in total. The van der Waals surface area contributed by atoms with Gasteiger partial charge in [0, 0.05) is 87.2 Å². The molecule has 0 bridgehead atoms. The Hall–Kier alpha value is -6.44. The standard InChI is InChI=1S/C45H55N9O7/c1-8-29-12-13-30(38(22-29)60-6)25-46-43(58)37-24-32(55)27-54(37)44(59)41(45(3,4)5)50-40(56)17-19-52-20-21-53(26-28(52)2)31-14-15-35(39(23-31)61-7)49-42(57)36-11-9-10-33(48-36)34-16-18-47-51-34/h1,9-16,18,22-23,28,32,37,41,55H,17,19-21,24-27H2,2-7H3,(H,46,58)(H,47,51)(H,49,57)(H,50,56)/t28-,32-,37+,41-/m1/s1. The monoisotopic (exact) mass is 833 g/mol. The van der Waals surface area contributed by atoms with Gasteiger partial charge in [-0.1, -0.05) is 38.8 Å². The van der Waals surface area contributed by atoms with Crippen LogP contribution in [0.2, 0.25) is 0 Å². The number of nitrogens with zero attached hydrogens (tertiary/aromatic N) is 5. The van der Waals surface area contributed by atoms with Crippen molar-refractivity contribution in [1.29, 1.82) is 0 Å². The number of carbonyl (C=O) groups excluding carboxylic acids is 4. The van der Waals surface area contributed by atoms with E-state index in [1.54, 1.807) is 55.8 Å². The molecule has 4 aromatic rings. The molecule has 0 unspecified atom stereocenters. The molecule has 0 spiro atoms. The van der Waals surface area contributed by atoms with E-state index in [0.29, 0.717) is 65.9 Å². The lowest BCUT2D eigenvalue weighted by Gasteiger charge is -2.41. The summed E-state index contributed by atoms with van der Waals surface area (Å²) in [6.07, 6.45) is 6.56. The molecular formula is C45H55N9O7. The highest BCUT2D eigenvalue weighted by Gasteiger charge is 2.44. The lowest BCUT2D eigenvalue weighted by atomic mass is 9.85. The average Bonchev–Trinajstić information content (AvgIpc) is 3.94. The number of rotatable bonds is 14. The van der Waals surface area contributed by atoms with Crippen molar-refractivity contribution in [3.8, 4) is 35.2 Å². The number of amides is 4. The third-order valence-corrected chi connectivity index (χ3v) is 11.1. The van der Waals surface area contributed by atoms with Gasteiger partial charge >= 0.3 is 0 Å². The topological polar surface area (TPSA) is 194 Å². The highest BCUT2D eigenvalue weighted by molar-refractivity contribution is 6.04. The summed E-state index contributed by atoms with van der Waals surface area (Å²) >= 11 is 0. The molecule has 2 saturated heterocycles. The molecule has 2 aliphatic rings. The van der Waals surface area contributed by atoms with Crippen LogP contribution in [0.15, 0.2) is 66.9 Å². The number of anilines is 2. The van der Waals surface area contributed by atoms with E-state index >= 15 is 0 Å². The number of terminal acetylenes is 1. The maximum atomic E-state index is 14.1. The Balaban J connectivity index is 1.02. The molecular weight excluding hydrogens is 779 g/mol. The number of β-amino-alcohol motifs (C(OH)–C–C–N with tert-alkyl or cyclic N) is 1. The lowest BCUT2D eigenvalue weighted by molar-refractivity contribution is -0.144. The summed E-state index contributed by atoms with van der Waals surface area (Å²) in [5.41, 5.74) is 3.56. The minimum Gasteiger partial charge on any atom is -0.496 e. The minimum absolute atomic E-state index is 0.0241. The van der Waals surface area contributed by atoms with Crippen molar-refractivity contribution in [2.75, 3.05) is 57.2 Å². The van der Waals surface area contributed by atoms with Gasteiger partial charge in [0.15, 0.2) is 0 Å². The zero-order valence-corrected chi connectivity index (χ0v) is 35.5. The number of pyridine rings is 1. The van der Waals surface area contributed by atoms with Crippen LogP contribution < -0.4 is 30.3 Å². The molecule has 0 aliphatic carbocycles. The highest BCUT2D eigenvalue weighted by Crippen LogP contribution is 2.32. The summed E-state index contributed by atoms with van der Waals surface area (Å²) in [6, 6.07) is 16.1. The number of H-pyrrole nitrogens is 1. The van der Waals surface area contributed by atoms with E-state index < -0.39 is 35.4 Å². The molecule has 6 rings (SSSR count). The molecule has 16 heteroatoms. The zero-order chi connectivity index (χ0) is 43.8. The molecule has 4 atom stereocenters. The first-order chi connectivity index (χ1) is 29.2. The maximum Gasteiger partial charge on any atom is 0.274 e. The first-order valence-corrected chi connectivity index (χ1v) is 20.3. The van der Waals surface area contributed by atoms with E-state index in [0.717, 1.165) is 5.69 Å². The maximum absolute atomic E-state index is 14.1. The fourth-order valence-corrected chi connectivity index (χ4v) is 7.71. The number of aliphatic hydroxyl groups is 1. The molecule has 5 N–H and O–H groups in total. The van der Waals surface area contributed by atoms with E-state index in [-0.39, 0.29) is 49.5 Å². The molecule has 61 heavy (non-hydrogen) atoms. The van der Waals surface area contributed by atoms with Crippen molar-refractivity contribution in [3.63, 3.8) is 0 Å². The Morgan fingerprint density at radius 2 is 1.79 bits per heavy atom. The number of likely N-dealkylation sites (tertiary alicyclic amines) is 1. The van der Waals surface area contributed by atoms with E-state index in [1.165, 1.54) is 12.0 Å². The summed E-state index contributed by atoms with van der Waals surface area (Å²) in [7, 11) is 3.07. The first-order valence-electron chi connectivity index (χ1n) is 20.3. The summed E-state index contributed by atoms with van der Waals surface area (Å²) in [6.45, 7) is 10.4. The number of hydrogen-bond acceptors (Lipinski definition) is 11. The lowest BCUT2D eigenvalue weighted by Crippen LogP contribution is -2.58. The normalized spacial score (nSPS) is 18.5. The van der Waals surface area contributed by atoms with E-state index in [9.17, 15) is 24.3 Å². The van der Waals surface area contributed by atoms with Crippen LogP contribution in [-0.2, 0) is 20.9 Å². The van der Waals surface area contributed by atoms with Crippen LogP contribution in [0.3, 0.4) is 0 Å². The van der Waals surface area contributed by atoms with Crippen molar-refractivity contribution in [2.24, 2.45) is 5.41 Å². The Bertz CT molecular complexity index is 2250. The number of ether oxygens (including phenoxy) is 2. The van der Waals surface area contributed by atoms with Gasteiger partial charge in [0.25, 0.3) is 5.91 Å². The number of aromatic nitrogens is 3. The Morgan fingerprint density at radius 1 is 1.00 bits per heavy atom. The SMILES string of the molecule is C#Cc1ccc(CNC(=O)[C@@H]2C[C@@H](O)CN2C(=O)[C@@H](NC(=O)CCN2CCN(c3ccc(NC(=O)c4cccc(-c5cc[nH]n5)n4)c(OC)c3)C[C@H]2C)C(C)(C)C)c(OC)c1. The number of nitrogens with one attached hydrogen (secondary N) is 4. The number of piperazine rings is 1. The fraction of sp³-hybridized carbons (Fsp3) is 0.422. The van der Waals surface area contributed by atoms with Gasteiger partial charge in [-0.3, -0.25) is 29.2 Å². The molecule has 2 aromatic carbocycles. The van der Waals surface area contributed by atoms with Gasteiger partial charge in [-0.05, 0) is 54.8 Å². The summed E-state index contributed by atoms with van der Waals surface area (Å²) < 4.78 is 11.1. The summed E-state index contributed by atoms with van der Waals surface area (Å²) in [5.74, 6) is 2.09. The van der Waals surface area contributed by atoms with Gasteiger partial charge in [-0.15, -0.1) is 6.42 Å². The predicted octanol–water partition coefficient (Wildman–Crippen LogP) is 3.43. The quantitative estimate of drug-likeness (QED) is 0.117. The molecule has 0 radical (unpaired) electrons. The van der Waals surface area contributed by atoms with E-state index in [4.69, 9.17) is 15.9 Å². The van der Waals surface area contributed by atoms with Crippen molar-refractivity contribution in [2.45, 2.75) is 71.3 Å². The Labute approximate surface area is 356 Å². The number of methoxy groups -OCH3 is 2. The molecule has 322 valence electrons. The predicted molar refractivity (Wildman–Crippen MR) is 231 cm³/mol. The molecule has 0 saturated carbocycles. The average molecular weight is 834 g/mol. The fourth-order valence-electron chi connectivity index (χ4n) is 7.71. The molecule has 2 aromatic heterocycles. The largest absolute Gasteiger partial charge is 0.496 e. The van der Waals surface area contributed by atoms with E-state index in [2.05, 4.69) is 53.8 Å². The second-order valence-corrected chi connectivity index (χ2v) is 16.4. The van der Waals surface area contributed by atoms with Gasteiger partial charge in [0.05, 0.1) is 31.7 Å². The van der Waals surface area contributed by atoms with E-state index in [1.807, 2.05) is 39.0 Å².